The van der Waals surface area contributed by atoms with Crippen LogP contribution in [0.1, 0.15) is 45.4 Å². The zero-order chi connectivity index (χ0) is 13.5. The Morgan fingerprint density at radius 1 is 1.16 bits per heavy atom. The molecule has 1 saturated carbocycles. The molecule has 0 radical (unpaired) electrons. The van der Waals surface area contributed by atoms with Crippen molar-refractivity contribution >= 4 is 5.91 Å². The Bertz CT molecular complexity index is 383. The summed E-state index contributed by atoms with van der Waals surface area (Å²) in [7, 11) is 0. The van der Waals surface area contributed by atoms with E-state index in [0.717, 1.165) is 18.6 Å². The summed E-state index contributed by atoms with van der Waals surface area (Å²) in [5, 5.41) is 3.11. The molecule has 0 heterocycles. The van der Waals surface area contributed by atoms with Crippen molar-refractivity contribution in [3.63, 3.8) is 0 Å². The second-order valence-electron chi connectivity index (χ2n) is 5.27. The van der Waals surface area contributed by atoms with E-state index in [0.29, 0.717) is 6.04 Å². The molecule has 0 spiro atoms. The Labute approximate surface area is 115 Å². The summed E-state index contributed by atoms with van der Waals surface area (Å²) in [5.41, 5.74) is 0. The molecule has 1 amide bonds. The molecule has 0 aliphatic heterocycles. The summed E-state index contributed by atoms with van der Waals surface area (Å²) in [6, 6.07) is 9.82. The molecule has 2 rings (SSSR count). The van der Waals surface area contributed by atoms with Crippen molar-refractivity contribution in [2.75, 3.05) is 0 Å². The maximum atomic E-state index is 12.1. The molecule has 3 nitrogen and oxygen atoms in total. The van der Waals surface area contributed by atoms with Crippen LogP contribution in [-0.2, 0) is 4.79 Å². The maximum Gasteiger partial charge on any atom is 0.260 e. The zero-order valence-electron chi connectivity index (χ0n) is 11.6. The second kappa shape index (κ2) is 7.17. The third-order valence-electron chi connectivity index (χ3n) is 3.63. The monoisotopic (exact) mass is 261 g/mol. The van der Waals surface area contributed by atoms with Crippen LogP contribution in [0.3, 0.4) is 0 Å². The highest BCUT2D eigenvalue weighted by atomic mass is 16.5. The number of amides is 1. The van der Waals surface area contributed by atoms with Crippen LogP contribution in [0.15, 0.2) is 30.3 Å². The minimum Gasteiger partial charge on any atom is -0.481 e. The summed E-state index contributed by atoms with van der Waals surface area (Å²) < 4.78 is 5.64. The molecule has 1 fully saturated rings. The normalized spacial score (nSPS) is 18.4. The smallest absolute Gasteiger partial charge is 0.260 e. The van der Waals surface area contributed by atoms with Crippen molar-refractivity contribution in [3.05, 3.63) is 30.3 Å². The number of ether oxygens (including phenoxy) is 1. The molecule has 1 atom stereocenters. The van der Waals surface area contributed by atoms with Crippen molar-refractivity contribution in [2.24, 2.45) is 0 Å². The van der Waals surface area contributed by atoms with Gasteiger partial charge in [0.1, 0.15) is 5.75 Å². The van der Waals surface area contributed by atoms with Gasteiger partial charge in [-0.15, -0.1) is 0 Å². The Morgan fingerprint density at radius 2 is 1.79 bits per heavy atom. The van der Waals surface area contributed by atoms with Gasteiger partial charge in [-0.3, -0.25) is 4.79 Å². The Balaban J connectivity index is 1.81. The predicted octanol–water partition coefficient (Wildman–Crippen LogP) is 3.29. The average molecular weight is 261 g/mol. The Morgan fingerprint density at radius 3 is 2.42 bits per heavy atom. The molecule has 0 aromatic heterocycles. The van der Waals surface area contributed by atoms with E-state index in [9.17, 15) is 4.79 Å². The summed E-state index contributed by atoms with van der Waals surface area (Å²) in [6.45, 7) is 1.80. The Hall–Kier alpha value is -1.51. The quantitative estimate of drug-likeness (QED) is 0.845. The van der Waals surface area contributed by atoms with Gasteiger partial charge >= 0.3 is 0 Å². The highest BCUT2D eigenvalue weighted by molar-refractivity contribution is 5.81. The molecule has 19 heavy (non-hydrogen) atoms. The van der Waals surface area contributed by atoms with Crippen LogP contribution < -0.4 is 10.1 Å². The van der Waals surface area contributed by atoms with Crippen LogP contribution in [-0.4, -0.2) is 18.1 Å². The first-order chi connectivity index (χ1) is 9.25. The van der Waals surface area contributed by atoms with Crippen LogP contribution in [0.4, 0.5) is 0 Å². The lowest BCUT2D eigenvalue weighted by atomic mass is 10.1. The summed E-state index contributed by atoms with van der Waals surface area (Å²) in [5.74, 6) is 0.738. The largest absolute Gasteiger partial charge is 0.481 e. The number of hydrogen-bond donors (Lipinski definition) is 1. The van der Waals surface area contributed by atoms with Crippen LogP contribution in [0.25, 0.3) is 0 Å². The SMILES string of the molecule is C[C@H](Oc1ccccc1)C(=O)NC1CCCCCC1. The number of benzene rings is 1. The fourth-order valence-electron chi connectivity index (χ4n) is 2.50. The molecule has 0 unspecified atom stereocenters. The van der Waals surface area contributed by atoms with E-state index in [1.54, 1.807) is 6.92 Å². The van der Waals surface area contributed by atoms with Gasteiger partial charge in [0.05, 0.1) is 0 Å². The highest BCUT2D eigenvalue weighted by Crippen LogP contribution is 2.17. The molecule has 1 aliphatic rings. The molecular weight excluding hydrogens is 238 g/mol. The van der Waals surface area contributed by atoms with Crippen LogP contribution >= 0.6 is 0 Å². The van der Waals surface area contributed by atoms with Crippen molar-refractivity contribution in [3.8, 4) is 5.75 Å². The molecule has 1 aromatic rings. The van der Waals surface area contributed by atoms with Crippen LogP contribution in [0.5, 0.6) is 5.75 Å². The maximum absolute atomic E-state index is 12.1. The minimum absolute atomic E-state index is 0.00393. The third kappa shape index (κ3) is 4.58. The molecule has 104 valence electrons. The molecule has 0 saturated heterocycles. The van der Waals surface area contributed by atoms with E-state index in [2.05, 4.69) is 5.32 Å². The van der Waals surface area contributed by atoms with E-state index in [-0.39, 0.29) is 5.91 Å². The average Bonchev–Trinajstić information content (AvgIpc) is 2.68. The van der Waals surface area contributed by atoms with E-state index in [1.807, 2.05) is 30.3 Å². The number of nitrogens with one attached hydrogen (secondary N) is 1. The summed E-state index contributed by atoms with van der Waals surface area (Å²) in [4.78, 5) is 12.1. The summed E-state index contributed by atoms with van der Waals surface area (Å²) >= 11 is 0. The van der Waals surface area contributed by atoms with Gasteiger partial charge in [0.25, 0.3) is 5.91 Å². The number of carbonyl (C=O) groups is 1. The fraction of sp³-hybridized carbons (Fsp3) is 0.562. The van der Waals surface area contributed by atoms with E-state index < -0.39 is 6.10 Å². The first-order valence-corrected chi connectivity index (χ1v) is 7.28. The molecular formula is C16H23NO2. The van der Waals surface area contributed by atoms with E-state index >= 15 is 0 Å². The molecule has 1 aromatic carbocycles. The van der Waals surface area contributed by atoms with E-state index in [4.69, 9.17) is 4.74 Å². The fourth-order valence-corrected chi connectivity index (χ4v) is 2.50. The van der Waals surface area contributed by atoms with Crippen molar-refractivity contribution in [2.45, 2.75) is 57.6 Å². The lowest BCUT2D eigenvalue weighted by Crippen LogP contribution is -2.42. The number of carbonyl (C=O) groups excluding carboxylic acids is 1. The number of hydrogen-bond acceptors (Lipinski definition) is 2. The number of rotatable bonds is 4. The van der Waals surface area contributed by atoms with Gasteiger partial charge in [-0.05, 0) is 31.9 Å². The second-order valence-corrected chi connectivity index (χ2v) is 5.27. The molecule has 1 N–H and O–H groups in total. The summed E-state index contributed by atoms with van der Waals surface area (Å²) in [6.07, 6.45) is 6.79. The molecule has 0 bridgehead atoms. The first-order valence-electron chi connectivity index (χ1n) is 7.28. The van der Waals surface area contributed by atoms with E-state index in [1.165, 1.54) is 25.7 Å². The molecule has 1 aliphatic carbocycles. The van der Waals surface area contributed by atoms with Crippen molar-refractivity contribution in [1.82, 2.24) is 5.32 Å². The third-order valence-corrected chi connectivity index (χ3v) is 3.63. The van der Waals surface area contributed by atoms with Gasteiger partial charge < -0.3 is 10.1 Å². The molecule has 3 heteroatoms. The van der Waals surface area contributed by atoms with Gasteiger partial charge in [-0.1, -0.05) is 43.9 Å². The predicted molar refractivity (Wildman–Crippen MR) is 76.2 cm³/mol. The van der Waals surface area contributed by atoms with Crippen LogP contribution in [0.2, 0.25) is 0 Å². The van der Waals surface area contributed by atoms with Crippen molar-refractivity contribution < 1.29 is 9.53 Å². The first kappa shape index (κ1) is 13.9. The lowest BCUT2D eigenvalue weighted by Gasteiger charge is -2.20. The van der Waals surface area contributed by atoms with Gasteiger partial charge in [0.15, 0.2) is 6.10 Å². The topological polar surface area (TPSA) is 38.3 Å². The van der Waals surface area contributed by atoms with Gasteiger partial charge in [-0.2, -0.15) is 0 Å². The standard InChI is InChI=1S/C16H23NO2/c1-13(19-15-11-7-4-8-12-15)16(18)17-14-9-5-2-3-6-10-14/h4,7-8,11-14H,2-3,5-6,9-10H2,1H3,(H,17,18)/t13-/m0/s1. The zero-order valence-corrected chi connectivity index (χ0v) is 11.6. The Kier molecular flexibility index (Phi) is 5.25. The van der Waals surface area contributed by atoms with Crippen LogP contribution in [0, 0.1) is 0 Å². The van der Waals surface area contributed by atoms with Gasteiger partial charge in [0.2, 0.25) is 0 Å². The van der Waals surface area contributed by atoms with Gasteiger partial charge in [0, 0.05) is 6.04 Å². The van der Waals surface area contributed by atoms with Gasteiger partial charge in [-0.25, -0.2) is 0 Å². The number of para-hydroxylation sites is 1. The minimum atomic E-state index is -0.439. The van der Waals surface area contributed by atoms with Crippen molar-refractivity contribution in [1.29, 1.82) is 0 Å². The lowest BCUT2D eigenvalue weighted by molar-refractivity contribution is -0.128. The highest BCUT2D eigenvalue weighted by Gasteiger charge is 2.19.